The molecule has 0 fully saturated rings. The summed E-state index contributed by atoms with van der Waals surface area (Å²) in [5.74, 6) is 0.650. The van der Waals surface area contributed by atoms with Crippen LogP contribution in [0.15, 0.2) is 188 Å². The molecule has 2 aromatic heterocycles. The first kappa shape index (κ1) is 29.6. The quantitative estimate of drug-likeness (QED) is 0.182. The van der Waals surface area contributed by atoms with E-state index >= 15 is 0 Å². The van der Waals surface area contributed by atoms with Crippen molar-refractivity contribution < 1.29 is 0 Å². The smallest absolute Gasteiger partial charge is 0.235 e. The lowest BCUT2D eigenvalue weighted by Crippen LogP contribution is -2.04. The Morgan fingerprint density at radius 3 is 1.49 bits per heavy atom. The number of para-hydroxylation sites is 1. The third-order valence-electron chi connectivity index (χ3n) is 10.8. The minimum Gasteiger partial charge on any atom is -0.278 e. The highest BCUT2D eigenvalue weighted by molar-refractivity contribution is 6.26. The van der Waals surface area contributed by atoms with Gasteiger partial charge in [-0.15, -0.1) is 0 Å². The van der Waals surface area contributed by atoms with Crippen molar-refractivity contribution in [2.45, 2.75) is 0 Å². The molecule has 53 heavy (non-hydrogen) atoms. The van der Waals surface area contributed by atoms with Gasteiger partial charge in [-0.3, -0.25) is 4.57 Å². The van der Waals surface area contributed by atoms with E-state index < -0.39 is 0 Å². The fourth-order valence-electron chi connectivity index (χ4n) is 8.31. The van der Waals surface area contributed by atoms with Crippen LogP contribution in [0.4, 0.5) is 0 Å². The van der Waals surface area contributed by atoms with Crippen LogP contribution in [0.5, 0.6) is 0 Å². The van der Waals surface area contributed by atoms with Crippen molar-refractivity contribution in [3.05, 3.63) is 188 Å². The predicted octanol–water partition coefficient (Wildman–Crippen LogP) is 13.0. The highest BCUT2D eigenvalue weighted by atomic mass is 15.2. The lowest BCUT2D eigenvalue weighted by molar-refractivity contribution is 0.996. The van der Waals surface area contributed by atoms with E-state index in [-0.39, 0.29) is 0 Å². The van der Waals surface area contributed by atoms with Gasteiger partial charge >= 0.3 is 0 Å². The van der Waals surface area contributed by atoms with Crippen molar-refractivity contribution >= 4 is 32.6 Å². The Balaban J connectivity index is 1.14. The molecule has 0 bridgehead atoms. The van der Waals surface area contributed by atoms with Gasteiger partial charge in [0.05, 0.1) is 22.4 Å². The molecule has 0 saturated carbocycles. The minimum atomic E-state index is 0.650. The van der Waals surface area contributed by atoms with E-state index in [9.17, 15) is 0 Å². The number of hydrogen-bond acceptors (Lipinski definition) is 2. The molecule has 8 aromatic carbocycles. The van der Waals surface area contributed by atoms with Gasteiger partial charge in [-0.05, 0) is 67.9 Å². The normalized spacial score (nSPS) is 11.8. The molecule has 1 aliphatic rings. The molecular weight excluding hydrogens is 643 g/mol. The molecular formula is C50H31N3. The molecule has 3 heteroatoms. The number of benzene rings is 8. The Kier molecular flexibility index (Phi) is 6.55. The van der Waals surface area contributed by atoms with Crippen LogP contribution in [0.2, 0.25) is 0 Å². The monoisotopic (exact) mass is 673 g/mol. The van der Waals surface area contributed by atoms with E-state index in [2.05, 4.69) is 193 Å². The van der Waals surface area contributed by atoms with E-state index in [4.69, 9.17) is 9.97 Å². The first-order valence-corrected chi connectivity index (χ1v) is 18.1. The highest BCUT2D eigenvalue weighted by Gasteiger charge is 2.27. The lowest BCUT2D eigenvalue weighted by Gasteiger charge is -2.13. The summed E-state index contributed by atoms with van der Waals surface area (Å²) in [5, 5.41) is 5.02. The summed E-state index contributed by atoms with van der Waals surface area (Å²) in [6.07, 6.45) is 0. The minimum absolute atomic E-state index is 0.650. The van der Waals surface area contributed by atoms with Gasteiger partial charge in [-0.1, -0.05) is 170 Å². The predicted molar refractivity (Wildman–Crippen MR) is 220 cm³/mol. The highest BCUT2D eigenvalue weighted by Crippen LogP contribution is 2.52. The zero-order valence-corrected chi connectivity index (χ0v) is 28.7. The van der Waals surface area contributed by atoms with Crippen LogP contribution in [0, 0.1) is 0 Å². The van der Waals surface area contributed by atoms with Crippen LogP contribution in [0.1, 0.15) is 0 Å². The third kappa shape index (κ3) is 4.68. The van der Waals surface area contributed by atoms with E-state index in [0.717, 1.165) is 33.5 Å². The van der Waals surface area contributed by atoms with Crippen LogP contribution in [-0.4, -0.2) is 14.5 Å². The van der Waals surface area contributed by atoms with Crippen molar-refractivity contribution in [2.24, 2.45) is 0 Å². The number of hydrogen-bond donors (Lipinski definition) is 0. The Morgan fingerprint density at radius 1 is 0.340 bits per heavy atom. The summed E-state index contributed by atoms with van der Waals surface area (Å²) < 4.78 is 2.26. The molecule has 3 nitrogen and oxygen atoms in total. The van der Waals surface area contributed by atoms with Gasteiger partial charge < -0.3 is 0 Å². The van der Waals surface area contributed by atoms with Crippen LogP contribution in [-0.2, 0) is 0 Å². The van der Waals surface area contributed by atoms with E-state index in [1.54, 1.807) is 0 Å². The largest absolute Gasteiger partial charge is 0.278 e. The summed E-state index contributed by atoms with van der Waals surface area (Å²) in [7, 11) is 0. The molecule has 0 unspecified atom stereocenters. The fraction of sp³-hybridized carbons (Fsp3) is 0. The van der Waals surface area contributed by atoms with E-state index in [0.29, 0.717) is 5.95 Å². The first-order valence-electron chi connectivity index (χ1n) is 18.1. The van der Waals surface area contributed by atoms with Crippen LogP contribution in [0.3, 0.4) is 0 Å². The van der Waals surface area contributed by atoms with E-state index in [1.165, 1.54) is 66.1 Å². The standard InChI is InChI=1S/C50H31N3/c1-3-11-32(12-4-1)34-21-25-36(26-22-34)43-31-44(37-27-23-35(24-28-37)33-13-5-2-6-14-33)52-50(51-43)53-45-20-8-7-17-41(45)49-46(53)30-29-40-39-18-9-15-38-16-10-19-42(47(38)39)48(40)49/h1-31H. The van der Waals surface area contributed by atoms with Crippen LogP contribution < -0.4 is 0 Å². The van der Waals surface area contributed by atoms with Gasteiger partial charge in [0.15, 0.2) is 0 Å². The van der Waals surface area contributed by atoms with Crippen molar-refractivity contribution in [3.63, 3.8) is 0 Å². The Hall–Kier alpha value is -7.10. The number of rotatable bonds is 5. The Labute approximate surface area is 307 Å². The zero-order valence-electron chi connectivity index (χ0n) is 28.7. The number of fused-ring (bicyclic) bond motifs is 7. The lowest BCUT2D eigenvalue weighted by atomic mass is 9.98. The number of nitrogens with zero attached hydrogens (tertiary/aromatic N) is 3. The number of aromatic nitrogens is 3. The molecule has 10 aromatic rings. The summed E-state index contributed by atoms with van der Waals surface area (Å²) in [6.45, 7) is 0. The first-order chi connectivity index (χ1) is 26.3. The van der Waals surface area contributed by atoms with Crippen molar-refractivity contribution in [1.29, 1.82) is 0 Å². The topological polar surface area (TPSA) is 30.7 Å². The average molecular weight is 674 g/mol. The summed E-state index contributed by atoms with van der Waals surface area (Å²) >= 11 is 0. The Morgan fingerprint density at radius 2 is 0.868 bits per heavy atom. The molecule has 246 valence electrons. The fourth-order valence-corrected chi connectivity index (χ4v) is 8.31. The van der Waals surface area contributed by atoms with Gasteiger partial charge in [0.25, 0.3) is 0 Å². The molecule has 0 radical (unpaired) electrons. The van der Waals surface area contributed by atoms with Crippen LogP contribution in [0.25, 0.3) is 106 Å². The van der Waals surface area contributed by atoms with E-state index in [1.807, 2.05) is 0 Å². The molecule has 0 spiro atoms. The molecule has 0 saturated heterocycles. The second-order valence-corrected chi connectivity index (χ2v) is 13.8. The maximum absolute atomic E-state index is 5.36. The molecule has 1 aliphatic carbocycles. The maximum Gasteiger partial charge on any atom is 0.235 e. The van der Waals surface area contributed by atoms with Crippen LogP contribution >= 0.6 is 0 Å². The summed E-state index contributed by atoms with van der Waals surface area (Å²) in [4.78, 5) is 10.7. The van der Waals surface area contributed by atoms with Gasteiger partial charge in [-0.25, -0.2) is 9.97 Å². The van der Waals surface area contributed by atoms with Gasteiger partial charge in [0.1, 0.15) is 0 Å². The SMILES string of the molecule is c1ccc(-c2ccc(-c3cc(-c4ccc(-c5ccccc5)cc4)nc(-n4c5ccccc5c5c6c(ccc54)-c4cccc5cccc-6c45)n3)cc2)cc1. The molecule has 2 heterocycles. The summed E-state index contributed by atoms with van der Waals surface area (Å²) in [6, 6.07) is 67.1. The molecule has 0 amide bonds. The van der Waals surface area contributed by atoms with Gasteiger partial charge in [0.2, 0.25) is 5.95 Å². The Bertz CT molecular complexity index is 2910. The molecule has 0 aliphatic heterocycles. The second kappa shape index (κ2) is 11.7. The average Bonchev–Trinajstić information content (AvgIpc) is 3.75. The summed E-state index contributed by atoms with van der Waals surface area (Å²) in [5.41, 5.74) is 15.9. The molecule has 0 atom stereocenters. The zero-order chi connectivity index (χ0) is 34.9. The van der Waals surface area contributed by atoms with Crippen molar-refractivity contribution in [1.82, 2.24) is 14.5 Å². The van der Waals surface area contributed by atoms with Gasteiger partial charge in [0, 0.05) is 27.5 Å². The second-order valence-electron chi connectivity index (χ2n) is 13.8. The maximum atomic E-state index is 5.36. The van der Waals surface area contributed by atoms with Gasteiger partial charge in [-0.2, -0.15) is 0 Å². The molecule has 0 N–H and O–H groups in total. The van der Waals surface area contributed by atoms with Crippen molar-refractivity contribution in [2.75, 3.05) is 0 Å². The third-order valence-corrected chi connectivity index (χ3v) is 10.8. The molecule has 11 rings (SSSR count). The van der Waals surface area contributed by atoms with Crippen molar-refractivity contribution in [3.8, 4) is 73.0 Å².